The number of carbonyl (C=O) groups excluding carboxylic acids is 1. The van der Waals surface area contributed by atoms with Crippen molar-refractivity contribution >= 4 is 16.8 Å². The molecule has 0 fully saturated rings. The third kappa shape index (κ3) is 2.23. The molecule has 0 N–H and O–H groups in total. The standard InChI is InChI=1S/C17H15NO2/c1-11-3-4-15-14(9-11)10-16(20-15)17(19)12(2)13-5-7-18-8-6-13/h3-10,12H,1-2H3. The Labute approximate surface area is 117 Å². The van der Waals surface area contributed by atoms with E-state index in [-0.39, 0.29) is 11.7 Å². The van der Waals surface area contributed by atoms with Gasteiger partial charge in [-0.15, -0.1) is 0 Å². The maximum atomic E-state index is 12.5. The van der Waals surface area contributed by atoms with E-state index >= 15 is 0 Å². The predicted octanol–water partition coefficient (Wildman–Crippen LogP) is 4.12. The first kappa shape index (κ1) is 12.6. The van der Waals surface area contributed by atoms with Crippen LogP contribution in [0.15, 0.2) is 53.2 Å². The van der Waals surface area contributed by atoms with Gasteiger partial charge in [0.15, 0.2) is 5.76 Å². The number of aryl methyl sites for hydroxylation is 1. The van der Waals surface area contributed by atoms with E-state index < -0.39 is 0 Å². The predicted molar refractivity (Wildman–Crippen MR) is 77.9 cm³/mol. The summed E-state index contributed by atoms with van der Waals surface area (Å²) in [5.41, 5.74) is 2.85. The smallest absolute Gasteiger partial charge is 0.205 e. The number of hydrogen-bond acceptors (Lipinski definition) is 3. The molecule has 3 rings (SSSR count). The number of Topliss-reactive ketones (excluding diaryl/α,β-unsaturated/α-hetero) is 1. The van der Waals surface area contributed by atoms with Gasteiger partial charge in [-0.25, -0.2) is 0 Å². The van der Waals surface area contributed by atoms with Gasteiger partial charge in [0.05, 0.1) is 0 Å². The molecule has 0 spiro atoms. The summed E-state index contributed by atoms with van der Waals surface area (Å²) in [5, 5.41) is 0.968. The first-order chi connectivity index (χ1) is 9.65. The highest BCUT2D eigenvalue weighted by molar-refractivity contribution is 6.01. The second-order valence-electron chi connectivity index (χ2n) is 5.02. The molecule has 100 valence electrons. The molecule has 0 saturated carbocycles. The van der Waals surface area contributed by atoms with Gasteiger partial charge in [0.2, 0.25) is 5.78 Å². The third-order valence-electron chi connectivity index (χ3n) is 3.51. The highest BCUT2D eigenvalue weighted by atomic mass is 16.3. The van der Waals surface area contributed by atoms with Crippen LogP contribution in [0.4, 0.5) is 0 Å². The Kier molecular flexibility index (Phi) is 3.11. The van der Waals surface area contributed by atoms with Crippen molar-refractivity contribution in [3.05, 3.63) is 65.7 Å². The van der Waals surface area contributed by atoms with Crippen LogP contribution in [0.2, 0.25) is 0 Å². The van der Waals surface area contributed by atoms with Crippen LogP contribution in [0.3, 0.4) is 0 Å². The third-order valence-corrected chi connectivity index (χ3v) is 3.51. The summed E-state index contributed by atoms with van der Waals surface area (Å²) < 4.78 is 5.66. The van der Waals surface area contributed by atoms with Crippen LogP contribution in [0.5, 0.6) is 0 Å². The molecule has 0 saturated heterocycles. The minimum absolute atomic E-state index is 0.00921. The van der Waals surface area contributed by atoms with Gasteiger partial charge in [-0.05, 0) is 42.8 Å². The lowest BCUT2D eigenvalue weighted by atomic mass is 9.96. The summed E-state index contributed by atoms with van der Waals surface area (Å²) in [7, 11) is 0. The minimum Gasteiger partial charge on any atom is -0.453 e. The molecule has 0 radical (unpaired) electrons. The van der Waals surface area contributed by atoms with Crippen molar-refractivity contribution < 1.29 is 9.21 Å². The zero-order valence-corrected chi connectivity index (χ0v) is 11.5. The van der Waals surface area contributed by atoms with Crippen LogP contribution in [0.25, 0.3) is 11.0 Å². The molecule has 3 heteroatoms. The number of rotatable bonds is 3. The summed E-state index contributed by atoms with van der Waals surface area (Å²) in [5.74, 6) is 0.166. The second-order valence-corrected chi connectivity index (χ2v) is 5.02. The normalized spacial score (nSPS) is 12.5. The van der Waals surface area contributed by atoms with Gasteiger partial charge >= 0.3 is 0 Å². The number of nitrogens with zero attached hydrogens (tertiary/aromatic N) is 1. The van der Waals surface area contributed by atoms with Crippen LogP contribution in [-0.4, -0.2) is 10.8 Å². The van der Waals surface area contributed by atoms with Gasteiger partial charge in [-0.3, -0.25) is 9.78 Å². The largest absolute Gasteiger partial charge is 0.453 e. The first-order valence-electron chi connectivity index (χ1n) is 6.59. The van der Waals surface area contributed by atoms with Crippen molar-refractivity contribution in [1.29, 1.82) is 0 Å². The highest BCUT2D eigenvalue weighted by Gasteiger charge is 2.20. The molecular weight excluding hydrogens is 250 g/mol. The van der Waals surface area contributed by atoms with Gasteiger partial charge < -0.3 is 4.42 Å². The van der Waals surface area contributed by atoms with Crippen molar-refractivity contribution in [2.75, 3.05) is 0 Å². The average molecular weight is 265 g/mol. The Balaban J connectivity index is 1.96. The van der Waals surface area contributed by atoms with Gasteiger partial charge in [-0.1, -0.05) is 18.6 Å². The highest BCUT2D eigenvalue weighted by Crippen LogP contribution is 2.25. The fourth-order valence-electron chi connectivity index (χ4n) is 2.30. The maximum absolute atomic E-state index is 12.5. The molecule has 3 nitrogen and oxygen atoms in total. The zero-order valence-electron chi connectivity index (χ0n) is 11.5. The van der Waals surface area contributed by atoms with E-state index in [0.717, 1.165) is 22.1 Å². The van der Waals surface area contributed by atoms with E-state index in [1.165, 1.54) is 0 Å². The number of carbonyl (C=O) groups is 1. The van der Waals surface area contributed by atoms with Crippen molar-refractivity contribution in [1.82, 2.24) is 4.98 Å². The van der Waals surface area contributed by atoms with Gasteiger partial charge in [0.25, 0.3) is 0 Å². The van der Waals surface area contributed by atoms with E-state index in [9.17, 15) is 4.79 Å². The van der Waals surface area contributed by atoms with Crippen molar-refractivity contribution in [3.8, 4) is 0 Å². The number of furan rings is 1. The zero-order chi connectivity index (χ0) is 14.1. The number of fused-ring (bicyclic) bond motifs is 1. The molecular formula is C17H15NO2. The minimum atomic E-state index is -0.236. The Morgan fingerprint density at radius 1 is 1.15 bits per heavy atom. The SMILES string of the molecule is Cc1ccc2oc(C(=O)C(C)c3ccncc3)cc2c1. The number of pyridine rings is 1. The molecule has 0 aliphatic carbocycles. The fraction of sp³-hybridized carbons (Fsp3) is 0.176. The Morgan fingerprint density at radius 2 is 1.90 bits per heavy atom. The monoisotopic (exact) mass is 265 g/mol. The summed E-state index contributed by atoms with van der Waals surface area (Å²) >= 11 is 0. The molecule has 0 amide bonds. The topological polar surface area (TPSA) is 43.1 Å². The van der Waals surface area contributed by atoms with Crippen LogP contribution in [0.1, 0.15) is 34.5 Å². The Bertz CT molecular complexity index is 759. The molecule has 20 heavy (non-hydrogen) atoms. The van der Waals surface area contributed by atoms with Crippen LogP contribution in [-0.2, 0) is 0 Å². The lowest BCUT2D eigenvalue weighted by Gasteiger charge is -2.07. The second kappa shape index (κ2) is 4.93. The summed E-state index contributed by atoms with van der Waals surface area (Å²) in [6.07, 6.45) is 3.39. The molecule has 0 aliphatic rings. The van der Waals surface area contributed by atoms with E-state index in [4.69, 9.17) is 4.42 Å². The van der Waals surface area contributed by atoms with Crippen molar-refractivity contribution in [3.63, 3.8) is 0 Å². The Morgan fingerprint density at radius 3 is 2.65 bits per heavy atom. The summed E-state index contributed by atoms with van der Waals surface area (Å²) in [6.45, 7) is 3.91. The van der Waals surface area contributed by atoms with Gasteiger partial charge in [0.1, 0.15) is 5.58 Å². The fourth-order valence-corrected chi connectivity index (χ4v) is 2.30. The molecule has 0 bridgehead atoms. The number of benzene rings is 1. The number of aromatic nitrogens is 1. The number of ketones is 1. The summed E-state index contributed by atoms with van der Waals surface area (Å²) in [6, 6.07) is 11.4. The van der Waals surface area contributed by atoms with Crippen LogP contribution >= 0.6 is 0 Å². The molecule has 1 unspecified atom stereocenters. The molecule has 2 heterocycles. The lowest BCUT2D eigenvalue weighted by molar-refractivity contribution is 0.0941. The molecule has 1 aromatic carbocycles. The van der Waals surface area contributed by atoms with Crippen LogP contribution < -0.4 is 0 Å². The van der Waals surface area contributed by atoms with Crippen molar-refractivity contribution in [2.24, 2.45) is 0 Å². The summed E-state index contributed by atoms with van der Waals surface area (Å²) in [4.78, 5) is 16.5. The van der Waals surface area contributed by atoms with E-state index in [1.807, 2.05) is 50.2 Å². The lowest BCUT2D eigenvalue weighted by Crippen LogP contribution is -2.08. The number of hydrogen-bond donors (Lipinski definition) is 0. The van der Waals surface area contributed by atoms with E-state index in [2.05, 4.69) is 4.98 Å². The van der Waals surface area contributed by atoms with Crippen molar-refractivity contribution in [2.45, 2.75) is 19.8 Å². The van der Waals surface area contributed by atoms with E-state index in [0.29, 0.717) is 5.76 Å². The van der Waals surface area contributed by atoms with Gasteiger partial charge in [-0.2, -0.15) is 0 Å². The quantitative estimate of drug-likeness (QED) is 0.669. The Hall–Kier alpha value is -2.42. The average Bonchev–Trinajstić information content (AvgIpc) is 2.89. The van der Waals surface area contributed by atoms with E-state index in [1.54, 1.807) is 12.4 Å². The molecule has 0 aliphatic heterocycles. The maximum Gasteiger partial charge on any atom is 0.205 e. The molecule has 2 aromatic heterocycles. The first-order valence-corrected chi connectivity index (χ1v) is 6.59. The molecule has 3 aromatic rings. The molecule has 1 atom stereocenters. The van der Waals surface area contributed by atoms with Gasteiger partial charge in [0, 0.05) is 23.7 Å². The van der Waals surface area contributed by atoms with Crippen LogP contribution in [0, 0.1) is 6.92 Å².